The molecule has 0 amide bonds. The van der Waals surface area contributed by atoms with Gasteiger partial charge in [-0.2, -0.15) is 5.10 Å². The van der Waals surface area contributed by atoms with Crippen molar-refractivity contribution in [3.05, 3.63) is 59.4 Å². The molecule has 1 aromatic carbocycles. The highest BCUT2D eigenvalue weighted by atomic mass is 19.1. The maximum Gasteiger partial charge on any atom is 0.170 e. The van der Waals surface area contributed by atoms with Gasteiger partial charge in [-0.1, -0.05) is 6.07 Å². The molecular formula is C22H25FN6O2. The van der Waals surface area contributed by atoms with Crippen LogP contribution in [0.3, 0.4) is 0 Å². The number of methoxy groups -OCH3 is 1. The number of nitrogens with zero attached hydrogens (tertiary/aromatic N) is 5. The van der Waals surface area contributed by atoms with E-state index < -0.39 is 6.10 Å². The Kier molecular flexibility index (Phi) is 5.60. The largest absolute Gasteiger partial charge is 0.496 e. The van der Waals surface area contributed by atoms with Gasteiger partial charge in [0, 0.05) is 28.9 Å². The van der Waals surface area contributed by atoms with Gasteiger partial charge in [-0.15, -0.1) is 10.2 Å². The van der Waals surface area contributed by atoms with Crippen LogP contribution in [0.4, 0.5) is 10.2 Å². The van der Waals surface area contributed by atoms with Gasteiger partial charge < -0.3 is 15.2 Å². The molecule has 3 heterocycles. The summed E-state index contributed by atoms with van der Waals surface area (Å²) >= 11 is 0. The van der Waals surface area contributed by atoms with E-state index in [2.05, 4.69) is 20.6 Å². The van der Waals surface area contributed by atoms with Crippen LogP contribution in [0, 0.1) is 19.7 Å². The smallest absolute Gasteiger partial charge is 0.170 e. The predicted molar refractivity (Wildman–Crippen MR) is 116 cm³/mol. The van der Waals surface area contributed by atoms with E-state index in [4.69, 9.17) is 4.74 Å². The Morgan fingerprint density at radius 3 is 2.77 bits per heavy atom. The summed E-state index contributed by atoms with van der Waals surface area (Å²) in [4.78, 5) is 0. The minimum absolute atomic E-state index is 0.243. The lowest BCUT2D eigenvalue weighted by molar-refractivity contribution is 0.167. The average molecular weight is 424 g/mol. The molecule has 4 rings (SSSR count). The van der Waals surface area contributed by atoms with Crippen LogP contribution in [0.25, 0.3) is 16.8 Å². The molecule has 1 unspecified atom stereocenters. The van der Waals surface area contributed by atoms with Crippen molar-refractivity contribution < 1.29 is 14.2 Å². The van der Waals surface area contributed by atoms with Crippen LogP contribution in [0.1, 0.15) is 23.9 Å². The van der Waals surface area contributed by atoms with Crippen molar-refractivity contribution in [2.75, 3.05) is 12.4 Å². The quantitative estimate of drug-likeness (QED) is 0.473. The number of rotatable bonds is 7. The molecule has 0 saturated carbocycles. The third kappa shape index (κ3) is 3.84. The maximum atomic E-state index is 14.3. The first kappa shape index (κ1) is 20.8. The van der Waals surface area contributed by atoms with Gasteiger partial charge >= 0.3 is 0 Å². The third-order valence-corrected chi connectivity index (χ3v) is 5.29. The predicted octanol–water partition coefficient (Wildman–Crippen LogP) is 3.35. The number of pyridine rings is 1. The standard InChI is InChI=1S/C22H25FN6O2/c1-13(30)11-29-15(3)21(14(2)27-29)16-8-9-20(28-12-25-26-22(16)28)24-10-17-18(23)6-5-7-19(17)31-4/h5-9,12-13,24,30H,10-11H2,1-4H3. The van der Waals surface area contributed by atoms with E-state index in [9.17, 15) is 9.50 Å². The van der Waals surface area contributed by atoms with Crippen molar-refractivity contribution in [1.82, 2.24) is 24.4 Å². The van der Waals surface area contributed by atoms with Crippen LogP contribution >= 0.6 is 0 Å². The fourth-order valence-electron chi connectivity index (χ4n) is 3.85. The number of aliphatic hydroxyl groups is 1. The Morgan fingerprint density at radius 2 is 2.03 bits per heavy atom. The van der Waals surface area contributed by atoms with Crippen LogP contribution in [-0.4, -0.2) is 42.7 Å². The molecule has 9 heteroatoms. The Bertz CT molecular complexity index is 1230. The van der Waals surface area contributed by atoms with Gasteiger partial charge in [0.2, 0.25) is 0 Å². The lowest BCUT2D eigenvalue weighted by Gasteiger charge is -2.14. The van der Waals surface area contributed by atoms with E-state index in [1.54, 1.807) is 30.1 Å². The molecule has 3 aromatic heterocycles. The summed E-state index contributed by atoms with van der Waals surface area (Å²) in [7, 11) is 1.52. The number of benzene rings is 1. The normalized spacial score (nSPS) is 12.3. The van der Waals surface area contributed by atoms with E-state index in [1.165, 1.54) is 13.2 Å². The van der Waals surface area contributed by atoms with Crippen LogP contribution in [-0.2, 0) is 13.1 Å². The summed E-state index contributed by atoms with van der Waals surface area (Å²) in [5.74, 6) is 0.877. The van der Waals surface area contributed by atoms with E-state index in [0.717, 1.165) is 28.3 Å². The second-order valence-corrected chi connectivity index (χ2v) is 7.51. The molecule has 1 atom stereocenters. The van der Waals surface area contributed by atoms with Crippen molar-refractivity contribution in [2.45, 2.75) is 40.0 Å². The summed E-state index contributed by atoms with van der Waals surface area (Å²) in [6, 6.07) is 8.62. The van der Waals surface area contributed by atoms with Gasteiger partial charge in [0.1, 0.15) is 23.7 Å². The number of ether oxygens (including phenoxy) is 1. The molecular weight excluding hydrogens is 399 g/mol. The summed E-state index contributed by atoms with van der Waals surface area (Å²) < 4.78 is 23.2. The maximum absolute atomic E-state index is 14.3. The molecule has 8 nitrogen and oxygen atoms in total. The molecule has 0 radical (unpaired) electrons. The monoisotopic (exact) mass is 424 g/mol. The minimum atomic E-state index is -0.499. The van der Waals surface area contributed by atoms with Crippen molar-refractivity contribution in [3.8, 4) is 16.9 Å². The van der Waals surface area contributed by atoms with Gasteiger partial charge in [-0.3, -0.25) is 9.08 Å². The Balaban J connectivity index is 1.70. The molecule has 31 heavy (non-hydrogen) atoms. The zero-order valence-corrected chi connectivity index (χ0v) is 17.9. The number of nitrogens with one attached hydrogen (secondary N) is 1. The Labute approximate surface area is 179 Å². The van der Waals surface area contributed by atoms with E-state index in [0.29, 0.717) is 23.5 Å². The van der Waals surface area contributed by atoms with Crippen molar-refractivity contribution in [3.63, 3.8) is 0 Å². The number of anilines is 1. The third-order valence-electron chi connectivity index (χ3n) is 5.29. The van der Waals surface area contributed by atoms with Crippen molar-refractivity contribution in [1.29, 1.82) is 0 Å². The fourth-order valence-corrected chi connectivity index (χ4v) is 3.85. The van der Waals surface area contributed by atoms with Gasteiger partial charge in [0.25, 0.3) is 0 Å². The molecule has 0 saturated heterocycles. The first-order valence-corrected chi connectivity index (χ1v) is 10.0. The number of hydrogen-bond donors (Lipinski definition) is 2. The van der Waals surface area contributed by atoms with Crippen molar-refractivity contribution in [2.24, 2.45) is 0 Å². The number of aromatic nitrogens is 5. The second-order valence-electron chi connectivity index (χ2n) is 7.51. The molecule has 162 valence electrons. The first-order valence-electron chi connectivity index (χ1n) is 10.0. The Hall–Kier alpha value is -3.46. The molecule has 0 bridgehead atoms. The van der Waals surface area contributed by atoms with Crippen molar-refractivity contribution >= 4 is 11.5 Å². The van der Waals surface area contributed by atoms with E-state index in [-0.39, 0.29) is 12.4 Å². The summed E-state index contributed by atoms with van der Waals surface area (Å²) in [6.07, 6.45) is 1.12. The summed E-state index contributed by atoms with van der Waals surface area (Å²) in [5, 5.41) is 26.0. The highest BCUT2D eigenvalue weighted by Crippen LogP contribution is 2.32. The zero-order valence-electron chi connectivity index (χ0n) is 17.9. The van der Waals surface area contributed by atoms with E-state index in [1.807, 2.05) is 30.4 Å². The molecule has 2 N–H and O–H groups in total. The first-order chi connectivity index (χ1) is 14.9. The molecule has 0 aliphatic rings. The molecule has 0 spiro atoms. The van der Waals surface area contributed by atoms with E-state index >= 15 is 0 Å². The second kappa shape index (κ2) is 8.35. The number of aryl methyl sites for hydroxylation is 1. The highest BCUT2D eigenvalue weighted by molar-refractivity contribution is 5.81. The van der Waals surface area contributed by atoms with Gasteiger partial charge in [-0.25, -0.2) is 4.39 Å². The highest BCUT2D eigenvalue weighted by Gasteiger charge is 2.19. The summed E-state index contributed by atoms with van der Waals surface area (Å²) in [5.41, 5.74) is 4.74. The molecule has 4 aromatic rings. The lowest BCUT2D eigenvalue weighted by Crippen LogP contribution is -2.14. The Morgan fingerprint density at radius 1 is 1.23 bits per heavy atom. The van der Waals surface area contributed by atoms with Gasteiger partial charge in [0.15, 0.2) is 5.65 Å². The SMILES string of the molecule is COc1cccc(F)c1CNc1ccc(-c2c(C)nn(CC(C)O)c2C)c2nncn12. The number of hydrogen-bond acceptors (Lipinski definition) is 6. The fraction of sp³-hybridized carbons (Fsp3) is 0.318. The van der Waals surface area contributed by atoms with Gasteiger partial charge in [0.05, 0.1) is 25.5 Å². The average Bonchev–Trinajstić information content (AvgIpc) is 3.32. The molecule has 0 fully saturated rings. The van der Waals surface area contributed by atoms with Crippen LogP contribution in [0.2, 0.25) is 0 Å². The number of aliphatic hydroxyl groups excluding tert-OH is 1. The lowest BCUT2D eigenvalue weighted by atomic mass is 10.0. The molecule has 0 aliphatic heterocycles. The van der Waals surface area contributed by atoms with Crippen LogP contribution in [0.5, 0.6) is 5.75 Å². The minimum Gasteiger partial charge on any atom is -0.496 e. The zero-order chi connectivity index (χ0) is 22.1. The van der Waals surface area contributed by atoms with Gasteiger partial charge in [-0.05, 0) is 45.0 Å². The van der Waals surface area contributed by atoms with Crippen LogP contribution < -0.4 is 10.1 Å². The topological polar surface area (TPSA) is 89.5 Å². The number of fused-ring (bicyclic) bond motifs is 1. The summed E-state index contributed by atoms with van der Waals surface area (Å²) in [6.45, 7) is 6.30. The van der Waals surface area contributed by atoms with Crippen LogP contribution in [0.15, 0.2) is 36.7 Å². The number of halogens is 1. The molecule has 0 aliphatic carbocycles.